The number of nitrogens with zero attached hydrogens (tertiary/aromatic N) is 2. The Hall–Kier alpha value is -4.11. The summed E-state index contributed by atoms with van der Waals surface area (Å²) in [6, 6.07) is 19.0. The van der Waals surface area contributed by atoms with Crippen LogP contribution >= 0.6 is 11.8 Å². The summed E-state index contributed by atoms with van der Waals surface area (Å²) in [5.74, 6) is 2.42. The molecule has 0 saturated carbocycles. The number of thioether (sulfide) groups is 1. The van der Waals surface area contributed by atoms with E-state index < -0.39 is 0 Å². The average Bonchev–Trinajstić information content (AvgIpc) is 3.34. The minimum Gasteiger partial charge on any atom is -0.454 e. The summed E-state index contributed by atoms with van der Waals surface area (Å²) in [6.07, 6.45) is 0.585. The van der Waals surface area contributed by atoms with E-state index in [1.807, 2.05) is 24.3 Å². The van der Waals surface area contributed by atoms with E-state index in [2.05, 4.69) is 10.3 Å². The van der Waals surface area contributed by atoms with Crippen molar-refractivity contribution in [3.8, 4) is 34.5 Å². The molecule has 7 nitrogen and oxygen atoms in total. The van der Waals surface area contributed by atoms with Crippen LogP contribution in [0.4, 0.5) is 10.1 Å². The predicted octanol–water partition coefficient (Wildman–Crippen LogP) is 5.44. The lowest BCUT2D eigenvalue weighted by atomic mass is 10.0. The van der Waals surface area contributed by atoms with E-state index in [9.17, 15) is 9.18 Å². The van der Waals surface area contributed by atoms with Gasteiger partial charge in [-0.3, -0.25) is 4.79 Å². The lowest BCUT2D eigenvalue weighted by Gasteiger charge is -2.21. The topological polar surface area (TPSA) is 82.6 Å². The Morgan fingerprint density at radius 1 is 0.971 bits per heavy atom. The van der Waals surface area contributed by atoms with E-state index in [4.69, 9.17) is 19.2 Å². The normalized spacial score (nSPS) is 12.9. The number of amides is 1. The molecule has 0 spiro atoms. The van der Waals surface area contributed by atoms with Crippen molar-refractivity contribution in [2.24, 2.45) is 0 Å². The molecule has 0 unspecified atom stereocenters. The number of anilines is 1. The van der Waals surface area contributed by atoms with Crippen LogP contribution in [0.15, 0.2) is 71.8 Å². The van der Waals surface area contributed by atoms with Crippen molar-refractivity contribution in [3.63, 3.8) is 0 Å². The number of para-hydroxylation sites is 1. The van der Waals surface area contributed by atoms with Crippen LogP contribution < -0.4 is 19.5 Å². The molecule has 0 bridgehead atoms. The van der Waals surface area contributed by atoms with Crippen molar-refractivity contribution in [1.82, 2.24) is 9.97 Å². The number of benzene rings is 3. The fraction of sp³-hybridized carbons (Fsp3) is 0.115. The third-order valence-electron chi connectivity index (χ3n) is 5.58. The first-order valence-electron chi connectivity index (χ1n) is 10.9. The predicted molar refractivity (Wildman–Crippen MR) is 129 cm³/mol. The van der Waals surface area contributed by atoms with Gasteiger partial charge in [0.1, 0.15) is 16.6 Å². The van der Waals surface area contributed by atoms with Gasteiger partial charge in [0, 0.05) is 23.7 Å². The molecule has 3 aromatic carbocycles. The summed E-state index contributed by atoms with van der Waals surface area (Å²) in [7, 11) is 0. The number of rotatable bonds is 5. The number of carbonyl (C=O) groups is 1. The molecular formula is C26H18FN3O4S. The highest BCUT2D eigenvalue weighted by Gasteiger charge is 2.24. The Morgan fingerprint density at radius 3 is 2.69 bits per heavy atom. The van der Waals surface area contributed by atoms with E-state index in [1.54, 1.807) is 30.3 Å². The number of nitrogens with one attached hydrogen (secondary N) is 1. The van der Waals surface area contributed by atoms with Gasteiger partial charge in [-0.2, -0.15) is 4.98 Å². The molecular weight excluding hydrogens is 469 g/mol. The van der Waals surface area contributed by atoms with Crippen LogP contribution in [-0.2, 0) is 11.2 Å². The first kappa shape index (κ1) is 21.4. The molecule has 0 aliphatic carbocycles. The van der Waals surface area contributed by atoms with Gasteiger partial charge in [0.15, 0.2) is 17.3 Å². The SMILES string of the molecule is O=C(CSc1nc(-c2ccc(F)cc2)nc2c1Cc1ccccc1O2)Nc1ccc2c(c1)OCO2. The standard InChI is InChI=1S/C26H18FN3O4S/c27-17-7-5-15(6-8-17)24-29-25-19(11-16-3-1-2-4-20(16)34-25)26(30-24)35-13-23(31)28-18-9-10-21-22(12-18)33-14-32-21/h1-10,12H,11,13-14H2,(H,28,31). The molecule has 3 heterocycles. The fourth-order valence-corrected chi connectivity index (χ4v) is 4.70. The minimum absolute atomic E-state index is 0.127. The molecule has 1 aromatic heterocycles. The molecule has 174 valence electrons. The molecule has 6 rings (SSSR count). The van der Waals surface area contributed by atoms with Gasteiger partial charge < -0.3 is 19.5 Å². The summed E-state index contributed by atoms with van der Waals surface area (Å²) in [4.78, 5) is 22.0. The smallest absolute Gasteiger partial charge is 0.234 e. The summed E-state index contributed by atoms with van der Waals surface area (Å²) < 4.78 is 30.2. The molecule has 0 fully saturated rings. The Labute approximate surface area is 204 Å². The van der Waals surface area contributed by atoms with Gasteiger partial charge >= 0.3 is 0 Å². The number of carbonyl (C=O) groups excluding carboxylic acids is 1. The Balaban J connectivity index is 1.27. The minimum atomic E-state index is -0.341. The van der Waals surface area contributed by atoms with Crippen LogP contribution in [0, 0.1) is 5.82 Å². The number of hydrogen-bond donors (Lipinski definition) is 1. The lowest BCUT2D eigenvalue weighted by molar-refractivity contribution is -0.113. The van der Waals surface area contributed by atoms with E-state index >= 15 is 0 Å². The molecule has 1 amide bonds. The third-order valence-corrected chi connectivity index (χ3v) is 6.59. The second-order valence-corrected chi connectivity index (χ2v) is 8.90. The van der Waals surface area contributed by atoms with Crippen molar-refractivity contribution in [2.45, 2.75) is 11.4 Å². The molecule has 9 heteroatoms. The summed E-state index contributed by atoms with van der Waals surface area (Å²) >= 11 is 1.30. The van der Waals surface area contributed by atoms with Crippen molar-refractivity contribution in [3.05, 3.63) is 83.7 Å². The van der Waals surface area contributed by atoms with E-state index in [0.717, 1.165) is 16.9 Å². The van der Waals surface area contributed by atoms with Gasteiger partial charge in [0.2, 0.25) is 18.6 Å². The van der Waals surface area contributed by atoms with Crippen molar-refractivity contribution >= 4 is 23.4 Å². The first-order valence-corrected chi connectivity index (χ1v) is 11.9. The van der Waals surface area contributed by atoms with Crippen LogP contribution in [-0.4, -0.2) is 28.4 Å². The first-order chi connectivity index (χ1) is 17.1. The summed E-state index contributed by atoms with van der Waals surface area (Å²) in [6.45, 7) is 0.170. The van der Waals surface area contributed by atoms with Crippen LogP contribution in [0.5, 0.6) is 23.1 Å². The largest absolute Gasteiger partial charge is 0.454 e. The Morgan fingerprint density at radius 2 is 1.80 bits per heavy atom. The molecule has 2 aliphatic rings. The maximum atomic E-state index is 13.5. The molecule has 0 radical (unpaired) electrons. The number of halogens is 1. The number of fused-ring (bicyclic) bond motifs is 3. The van der Waals surface area contributed by atoms with Crippen molar-refractivity contribution in [2.75, 3.05) is 17.9 Å². The third kappa shape index (κ3) is 4.38. The van der Waals surface area contributed by atoms with Crippen molar-refractivity contribution in [1.29, 1.82) is 0 Å². The second-order valence-electron chi connectivity index (χ2n) is 7.93. The molecule has 1 N–H and O–H groups in total. The highest BCUT2D eigenvalue weighted by Crippen LogP contribution is 2.40. The quantitative estimate of drug-likeness (QED) is 0.261. The maximum Gasteiger partial charge on any atom is 0.234 e. The molecule has 4 aromatic rings. The highest BCUT2D eigenvalue weighted by atomic mass is 32.2. The molecule has 0 atom stereocenters. The lowest BCUT2D eigenvalue weighted by Crippen LogP contribution is -2.15. The Bertz CT molecular complexity index is 1450. The maximum absolute atomic E-state index is 13.5. The second kappa shape index (κ2) is 8.92. The molecule has 35 heavy (non-hydrogen) atoms. The van der Waals surface area contributed by atoms with Gasteiger partial charge in [0.05, 0.1) is 11.3 Å². The number of ether oxygens (including phenoxy) is 3. The highest BCUT2D eigenvalue weighted by molar-refractivity contribution is 8.00. The van der Waals surface area contributed by atoms with Gasteiger partial charge in [0.25, 0.3) is 0 Å². The van der Waals surface area contributed by atoms with Crippen LogP contribution in [0.3, 0.4) is 0 Å². The van der Waals surface area contributed by atoms with E-state index in [0.29, 0.717) is 45.9 Å². The van der Waals surface area contributed by atoms with Crippen LogP contribution in [0.25, 0.3) is 11.4 Å². The van der Waals surface area contributed by atoms with Gasteiger partial charge in [-0.05, 0) is 48.0 Å². The summed E-state index contributed by atoms with van der Waals surface area (Å²) in [5.41, 5.74) is 3.11. The summed E-state index contributed by atoms with van der Waals surface area (Å²) in [5, 5.41) is 3.52. The van der Waals surface area contributed by atoms with E-state index in [-0.39, 0.29) is 24.3 Å². The Kier molecular flexibility index (Phi) is 5.46. The van der Waals surface area contributed by atoms with Crippen LogP contribution in [0.2, 0.25) is 0 Å². The van der Waals surface area contributed by atoms with E-state index in [1.165, 1.54) is 23.9 Å². The van der Waals surface area contributed by atoms with Crippen molar-refractivity contribution < 1.29 is 23.4 Å². The molecule has 2 aliphatic heterocycles. The van der Waals surface area contributed by atoms with Gasteiger partial charge in [-0.1, -0.05) is 30.0 Å². The monoisotopic (exact) mass is 487 g/mol. The zero-order valence-corrected chi connectivity index (χ0v) is 19.1. The van der Waals surface area contributed by atoms with Gasteiger partial charge in [-0.25, -0.2) is 9.37 Å². The van der Waals surface area contributed by atoms with Crippen LogP contribution in [0.1, 0.15) is 11.1 Å². The molecule has 0 saturated heterocycles. The average molecular weight is 488 g/mol. The number of aromatic nitrogens is 2. The zero-order chi connectivity index (χ0) is 23.8. The van der Waals surface area contributed by atoms with Gasteiger partial charge in [-0.15, -0.1) is 0 Å². The zero-order valence-electron chi connectivity index (χ0n) is 18.3. The fourth-order valence-electron chi connectivity index (χ4n) is 3.88. The number of hydrogen-bond acceptors (Lipinski definition) is 7.